The Kier molecular flexibility index (Phi) is 4.67. The smallest absolute Gasteiger partial charge is 0.337 e. The third kappa shape index (κ3) is 3.70. The standard InChI is InChI=1S/C13H20N2O3/c1-13(2,3)11(5-7-16)15-10-8-14-6-4-9(10)12(17)18/h4,6,8,11,15-16H,5,7H2,1-3H3,(H,17,18). The molecule has 0 aliphatic heterocycles. The van der Waals surface area contributed by atoms with Gasteiger partial charge in [-0.1, -0.05) is 20.8 Å². The Morgan fingerprint density at radius 2 is 2.17 bits per heavy atom. The highest BCUT2D eigenvalue weighted by molar-refractivity contribution is 5.93. The largest absolute Gasteiger partial charge is 0.478 e. The fourth-order valence-corrected chi connectivity index (χ4v) is 1.73. The Morgan fingerprint density at radius 3 is 2.67 bits per heavy atom. The fourth-order valence-electron chi connectivity index (χ4n) is 1.73. The van der Waals surface area contributed by atoms with Crippen LogP contribution in [0.3, 0.4) is 0 Å². The van der Waals surface area contributed by atoms with Crippen molar-refractivity contribution in [3.05, 3.63) is 24.0 Å². The summed E-state index contributed by atoms with van der Waals surface area (Å²) in [6, 6.07) is 1.44. The van der Waals surface area contributed by atoms with Gasteiger partial charge in [0.25, 0.3) is 0 Å². The number of aromatic nitrogens is 1. The maximum atomic E-state index is 11.1. The number of anilines is 1. The summed E-state index contributed by atoms with van der Waals surface area (Å²) in [4.78, 5) is 15.0. The minimum atomic E-state index is -0.989. The van der Waals surface area contributed by atoms with Crippen LogP contribution in [0, 0.1) is 5.41 Å². The molecule has 100 valence electrons. The number of hydrogen-bond acceptors (Lipinski definition) is 4. The highest BCUT2D eigenvalue weighted by atomic mass is 16.4. The lowest BCUT2D eigenvalue weighted by molar-refractivity contribution is 0.0697. The molecular weight excluding hydrogens is 232 g/mol. The van der Waals surface area contributed by atoms with E-state index in [1.165, 1.54) is 18.5 Å². The number of hydrogen-bond donors (Lipinski definition) is 3. The molecule has 0 aliphatic rings. The normalized spacial score (nSPS) is 13.1. The second-order valence-electron chi connectivity index (χ2n) is 5.30. The maximum absolute atomic E-state index is 11.1. The lowest BCUT2D eigenvalue weighted by atomic mass is 9.84. The van der Waals surface area contributed by atoms with E-state index < -0.39 is 5.97 Å². The van der Waals surface area contributed by atoms with Crippen molar-refractivity contribution in [2.75, 3.05) is 11.9 Å². The molecule has 1 aromatic heterocycles. The van der Waals surface area contributed by atoms with Crippen molar-refractivity contribution in [3.8, 4) is 0 Å². The minimum Gasteiger partial charge on any atom is -0.478 e. The summed E-state index contributed by atoms with van der Waals surface area (Å²) in [5.74, 6) is -0.989. The van der Waals surface area contributed by atoms with E-state index in [0.717, 1.165) is 0 Å². The second-order valence-corrected chi connectivity index (χ2v) is 5.30. The molecule has 0 radical (unpaired) electrons. The van der Waals surface area contributed by atoms with Gasteiger partial charge in [0, 0.05) is 18.8 Å². The van der Waals surface area contributed by atoms with E-state index >= 15 is 0 Å². The van der Waals surface area contributed by atoms with E-state index in [4.69, 9.17) is 10.2 Å². The molecule has 0 saturated carbocycles. The van der Waals surface area contributed by atoms with Gasteiger partial charge < -0.3 is 15.5 Å². The van der Waals surface area contributed by atoms with Crippen LogP contribution in [0.4, 0.5) is 5.69 Å². The molecule has 0 spiro atoms. The van der Waals surface area contributed by atoms with E-state index in [2.05, 4.69) is 10.3 Å². The number of nitrogens with zero attached hydrogens (tertiary/aromatic N) is 1. The van der Waals surface area contributed by atoms with Gasteiger partial charge in [-0.05, 0) is 17.9 Å². The van der Waals surface area contributed by atoms with Crippen molar-refractivity contribution >= 4 is 11.7 Å². The molecule has 5 nitrogen and oxygen atoms in total. The van der Waals surface area contributed by atoms with Gasteiger partial charge in [-0.15, -0.1) is 0 Å². The molecule has 0 saturated heterocycles. The van der Waals surface area contributed by atoms with Gasteiger partial charge in [0.1, 0.15) is 0 Å². The Balaban J connectivity index is 2.97. The van der Waals surface area contributed by atoms with Crippen molar-refractivity contribution in [2.24, 2.45) is 5.41 Å². The third-order valence-corrected chi connectivity index (χ3v) is 2.84. The van der Waals surface area contributed by atoms with Gasteiger partial charge in [-0.2, -0.15) is 0 Å². The predicted octanol–water partition coefficient (Wildman–Crippen LogP) is 1.99. The number of aliphatic hydroxyl groups is 1. The van der Waals surface area contributed by atoms with Gasteiger partial charge in [0.05, 0.1) is 17.4 Å². The van der Waals surface area contributed by atoms with Crippen molar-refractivity contribution in [3.63, 3.8) is 0 Å². The number of carboxylic acids is 1. The highest BCUT2D eigenvalue weighted by Gasteiger charge is 2.25. The summed E-state index contributed by atoms with van der Waals surface area (Å²) in [5.41, 5.74) is 0.588. The maximum Gasteiger partial charge on any atom is 0.337 e. The van der Waals surface area contributed by atoms with Crippen LogP contribution in [0.25, 0.3) is 0 Å². The Hall–Kier alpha value is -1.62. The molecule has 0 aliphatic carbocycles. The number of carbonyl (C=O) groups is 1. The predicted molar refractivity (Wildman–Crippen MR) is 69.8 cm³/mol. The molecular formula is C13H20N2O3. The highest BCUT2D eigenvalue weighted by Crippen LogP contribution is 2.26. The van der Waals surface area contributed by atoms with Crippen LogP contribution in [-0.2, 0) is 0 Å². The minimum absolute atomic E-state index is 0.0233. The van der Waals surface area contributed by atoms with Crippen LogP contribution in [0.15, 0.2) is 18.5 Å². The third-order valence-electron chi connectivity index (χ3n) is 2.84. The number of carboxylic acid groups (broad SMARTS) is 1. The number of aromatic carboxylic acids is 1. The number of pyridine rings is 1. The number of nitrogens with one attached hydrogen (secondary N) is 1. The van der Waals surface area contributed by atoms with Crippen LogP contribution in [0.1, 0.15) is 37.6 Å². The van der Waals surface area contributed by atoms with Gasteiger partial charge in [-0.25, -0.2) is 4.79 Å². The Labute approximate surface area is 107 Å². The molecule has 0 bridgehead atoms. The summed E-state index contributed by atoms with van der Waals surface area (Å²) in [6.45, 7) is 6.17. The fraction of sp³-hybridized carbons (Fsp3) is 0.538. The van der Waals surface area contributed by atoms with Crippen molar-refractivity contribution in [1.82, 2.24) is 4.98 Å². The van der Waals surface area contributed by atoms with E-state index in [-0.39, 0.29) is 23.6 Å². The SMILES string of the molecule is CC(C)(C)C(CCO)Nc1cnccc1C(=O)O. The molecule has 1 aromatic rings. The lowest BCUT2D eigenvalue weighted by Crippen LogP contribution is -2.35. The molecule has 5 heteroatoms. The Bertz CT molecular complexity index is 413. The van der Waals surface area contributed by atoms with Crippen molar-refractivity contribution in [2.45, 2.75) is 33.2 Å². The zero-order valence-corrected chi connectivity index (χ0v) is 11.0. The van der Waals surface area contributed by atoms with E-state index in [0.29, 0.717) is 12.1 Å². The first-order chi connectivity index (χ1) is 8.36. The van der Waals surface area contributed by atoms with Gasteiger partial charge >= 0.3 is 5.97 Å². The summed E-state index contributed by atoms with van der Waals surface area (Å²) >= 11 is 0. The number of aliphatic hydroxyl groups excluding tert-OH is 1. The molecule has 1 rings (SSSR count). The summed E-state index contributed by atoms with van der Waals surface area (Å²) in [6.07, 6.45) is 3.50. The van der Waals surface area contributed by atoms with Crippen LogP contribution in [-0.4, -0.2) is 33.8 Å². The van der Waals surface area contributed by atoms with Crippen LogP contribution < -0.4 is 5.32 Å². The zero-order valence-electron chi connectivity index (χ0n) is 11.0. The number of rotatable bonds is 5. The summed E-state index contributed by atoms with van der Waals surface area (Å²) < 4.78 is 0. The first-order valence-electron chi connectivity index (χ1n) is 5.91. The quantitative estimate of drug-likeness (QED) is 0.746. The van der Waals surface area contributed by atoms with Crippen LogP contribution in [0.5, 0.6) is 0 Å². The topological polar surface area (TPSA) is 82.5 Å². The van der Waals surface area contributed by atoms with E-state index in [1.54, 1.807) is 0 Å². The van der Waals surface area contributed by atoms with Crippen LogP contribution >= 0.6 is 0 Å². The first kappa shape index (κ1) is 14.4. The first-order valence-corrected chi connectivity index (χ1v) is 5.91. The molecule has 1 atom stereocenters. The van der Waals surface area contributed by atoms with Crippen molar-refractivity contribution < 1.29 is 15.0 Å². The van der Waals surface area contributed by atoms with Crippen LogP contribution in [0.2, 0.25) is 0 Å². The summed E-state index contributed by atoms with van der Waals surface area (Å²) in [7, 11) is 0. The molecule has 1 heterocycles. The summed E-state index contributed by atoms with van der Waals surface area (Å²) in [5, 5.41) is 21.3. The van der Waals surface area contributed by atoms with E-state index in [9.17, 15) is 4.79 Å². The lowest BCUT2D eigenvalue weighted by Gasteiger charge is -2.32. The zero-order chi connectivity index (χ0) is 13.8. The molecule has 0 amide bonds. The van der Waals surface area contributed by atoms with Crippen molar-refractivity contribution in [1.29, 1.82) is 0 Å². The van der Waals surface area contributed by atoms with Gasteiger partial charge in [0.2, 0.25) is 0 Å². The molecule has 0 fully saturated rings. The molecule has 18 heavy (non-hydrogen) atoms. The monoisotopic (exact) mass is 252 g/mol. The molecule has 0 aromatic carbocycles. The van der Waals surface area contributed by atoms with E-state index in [1.807, 2.05) is 20.8 Å². The van der Waals surface area contributed by atoms with Gasteiger partial charge in [-0.3, -0.25) is 4.98 Å². The molecule has 1 unspecified atom stereocenters. The van der Waals surface area contributed by atoms with Gasteiger partial charge in [0.15, 0.2) is 0 Å². The average Bonchev–Trinajstić information content (AvgIpc) is 2.27. The Morgan fingerprint density at radius 1 is 1.50 bits per heavy atom. The average molecular weight is 252 g/mol. The second kappa shape index (κ2) is 5.82. The molecule has 3 N–H and O–H groups in total.